The van der Waals surface area contributed by atoms with Crippen molar-refractivity contribution in [3.8, 4) is 5.75 Å². The van der Waals surface area contributed by atoms with Crippen molar-refractivity contribution in [3.05, 3.63) is 64.1 Å². The molecule has 0 N–H and O–H groups in total. The van der Waals surface area contributed by atoms with E-state index in [1.807, 2.05) is 18.2 Å². The highest BCUT2D eigenvalue weighted by Gasteiger charge is 2.15. The molecule has 0 unspecified atom stereocenters. The van der Waals surface area contributed by atoms with Crippen LogP contribution < -0.4 is 4.74 Å². The smallest absolute Gasteiger partial charge is 0.310 e. The van der Waals surface area contributed by atoms with Crippen molar-refractivity contribution in [2.45, 2.75) is 20.0 Å². The molecule has 0 saturated heterocycles. The predicted octanol–water partition coefficient (Wildman–Crippen LogP) is 5.02. The molecular weight excluding hydrogens is 391 g/mol. The number of fused-ring (bicyclic) bond motifs is 1. The first kappa shape index (κ1) is 17.5. The molecule has 0 atom stereocenters. The fourth-order valence-corrected chi connectivity index (χ4v) is 2.90. The van der Waals surface area contributed by atoms with Crippen LogP contribution in [0.1, 0.15) is 18.1 Å². The van der Waals surface area contributed by atoms with E-state index in [4.69, 9.17) is 13.9 Å². The lowest BCUT2D eigenvalue weighted by Gasteiger charge is -2.11. The largest absolute Gasteiger partial charge is 0.485 e. The molecule has 130 valence electrons. The number of para-hydroxylation sites is 1. The van der Waals surface area contributed by atoms with E-state index < -0.39 is 11.8 Å². The maximum Gasteiger partial charge on any atom is 0.310 e. The molecule has 1 aromatic heterocycles. The van der Waals surface area contributed by atoms with Crippen LogP contribution in [0.2, 0.25) is 0 Å². The molecule has 4 nitrogen and oxygen atoms in total. The number of furan rings is 1. The second kappa shape index (κ2) is 7.70. The quantitative estimate of drug-likeness (QED) is 0.539. The summed E-state index contributed by atoms with van der Waals surface area (Å²) in [6.45, 7) is 2.13. The van der Waals surface area contributed by atoms with Gasteiger partial charge in [-0.3, -0.25) is 4.79 Å². The van der Waals surface area contributed by atoms with Crippen LogP contribution in [-0.4, -0.2) is 12.6 Å². The van der Waals surface area contributed by atoms with E-state index in [-0.39, 0.29) is 25.4 Å². The molecule has 3 rings (SSSR count). The number of esters is 1. The number of carbonyl (C=O) groups is 1. The van der Waals surface area contributed by atoms with E-state index >= 15 is 0 Å². The molecule has 25 heavy (non-hydrogen) atoms. The fourth-order valence-electron chi connectivity index (χ4n) is 2.54. The van der Waals surface area contributed by atoms with Gasteiger partial charge in [-0.2, -0.15) is 0 Å². The van der Waals surface area contributed by atoms with Crippen LogP contribution in [0.25, 0.3) is 11.0 Å². The van der Waals surface area contributed by atoms with Crippen molar-refractivity contribution in [2.24, 2.45) is 0 Å². The van der Waals surface area contributed by atoms with Crippen molar-refractivity contribution in [3.63, 3.8) is 0 Å². The lowest BCUT2D eigenvalue weighted by Crippen LogP contribution is -2.10. The summed E-state index contributed by atoms with van der Waals surface area (Å²) < 4.78 is 31.2. The predicted molar refractivity (Wildman–Crippen MR) is 95.0 cm³/mol. The summed E-state index contributed by atoms with van der Waals surface area (Å²) in [5, 5.41) is 0.887. The Bertz CT molecular complexity index is 904. The van der Waals surface area contributed by atoms with Gasteiger partial charge in [-0.1, -0.05) is 28.1 Å². The Hall–Kier alpha value is -2.34. The zero-order chi connectivity index (χ0) is 17.8. The van der Waals surface area contributed by atoms with Gasteiger partial charge in [0.2, 0.25) is 0 Å². The maximum absolute atomic E-state index is 14.2. The molecule has 0 radical (unpaired) electrons. The summed E-state index contributed by atoms with van der Waals surface area (Å²) >= 11 is 3.42. The normalized spacial score (nSPS) is 10.8. The first-order valence-electron chi connectivity index (χ1n) is 7.80. The van der Waals surface area contributed by atoms with Crippen LogP contribution in [0.3, 0.4) is 0 Å². The van der Waals surface area contributed by atoms with Gasteiger partial charge in [0.25, 0.3) is 0 Å². The Kier molecular flexibility index (Phi) is 5.38. The summed E-state index contributed by atoms with van der Waals surface area (Å²) in [5.74, 6) is -0.883. The van der Waals surface area contributed by atoms with E-state index in [1.165, 1.54) is 6.07 Å². The molecule has 0 saturated carbocycles. The second-order valence-corrected chi connectivity index (χ2v) is 6.32. The Morgan fingerprint density at radius 3 is 2.88 bits per heavy atom. The topological polar surface area (TPSA) is 48.7 Å². The Morgan fingerprint density at radius 2 is 2.08 bits per heavy atom. The summed E-state index contributed by atoms with van der Waals surface area (Å²) in [4.78, 5) is 11.7. The first-order valence-corrected chi connectivity index (χ1v) is 8.59. The van der Waals surface area contributed by atoms with Gasteiger partial charge >= 0.3 is 5.97 Å². The van der Waals surface area contributed by atoms with E-state index in [2.05, 4.69) is 15.9 Å². The van der Waals surface area contributed by atoms with Crippen LogP contribution in [0, 0.1) is 5.82 Å². The Morgan fingerprint density at radius 1 is 1.24 bits per heavy atom. The third kappa shape index (κ3) is 4.02. The number of ether oxygens (including phenoxy) is 2. The third-order valence-corrected chi connectivity index (χ3v) is 4.17. The van der Waals surface area contributed by atoms with Crippen molar-refractivity contribution in [2.75, 3.05) is 6.61 Å². The highest BCUT2D eigenvalue weighted by Crippen LogP contribution is 2.28. The van der Waals surface area contributed by atoms with Crippen LogP contribution in [0.5, 0.6) is 5.75 Å². The van der Waals surface area contributed by atoms with Gasteiger partial charge in [0.1, 0.15) is 12.2 Å². The van der Waals surface area contributed by atoms with Gasteiger partial charge in [-0.05, 0) is 31.2 Å². The van der Waals surface area contributed by atoms with E-state index in [0.29, 0.717) is 5.56 Å². The summed E-state index contributed by atoms with van der Waals surface area (Å²) in [7, 11) is 0. The number of carbonyl (C=O) groups excluding carboxylic acids is 1. The molecule has 0 fully saturated rings. The molecule has 0 amide bonds. The zero-order valence-corrected chi connectivity index (χ0v) is 15.1. The minimum Gasteiger partial charge on any atom is -0.485 e. The number of benzene rings is 2. The molecule has 0 aliphatic heterocycles. The highest BCUT2D eigenvalue weighted by atomic mass is 79.9. The molecule has 6 heteroatoms. The van der Waals surface area contributed by atoms with Gasteiger partial charge in [-0.25, -0.2) is 4.39 Å². The first-order chi connectivity index (χ1) is 12.1. The van der Waals surface area contributed by atoms with E-state index in [9.17, 15) is 9.18 Å². The van der Waals surface area contributed by atoms with Gasteiger partial charge in [0.15, 0.2) is 11.6 Å². The minimum atomic E-state index is -0.518. The third-order valence-electron chi connectivity index (χ3n) is 3.68. The van der Waals surface area contributed by atoms with E-state index in [0.717, 1.165) is 21.0 Å². The van der Waals surface area contributed by atoms with Gasteiger partial charge in [0.05, 0.1) is 19.3 Å². The molecule has 0 spiro atoms. The number of hydrogen-bond donors (Lipinski definition) is 0. The number of hydrogen-bond acceptors (Lipinski definition) is 4. The SMILES string of the molecule is CCOC(=O)Cc1cccc(F)c1OCc1coc2ccc(Br)cc12. The fraction of sp³-hybridized carbons (Fsp3) is 0.211. The number of rotatable bonds is 6. The van der Waals surface area contributed by atoms with E-state index in [1.54, 1.807) is 25.3 Å². The average molecular weight is 407 g/mol. The lowest BCUT2D eigenvalue weighted by atomic mass is 10.1. The van der Waals surface area contributed by atoms with Crippen LogP contribution in [0.4, 0.5) is 4.39 Å². The molecule has 2 aromatic carbocycles. The molecule has 0 bridgehead atoms. The van der Waals surface area contributed by atoms with Crippen LogP contribution in [0.15, 0.2) is 51.6 Å². The Balaban J connectivity index is 1.82. The van der Waals surface area contributed by atoms with Gasteiger partial charge in [-0.15, -0.1) is 0 Å². The summed E-state index contributed by atoms with van der Waals surface area (Å²) in [5.41, 5.74) is 1.97. The maximum atomic E-state index is 14.2. The van der Waals surface area contributed by atoms with Crippen LogP contribution >= 0.6 is 15.9 Å². The minimum absolute atomic E-state index is 0.0430. The molecule has 0 aliphatic carbocycles. The molecule has 1 heterocycles. The molecule has 0 aliphatic rings. The van der Waals surface area contributed by atoms with Crippen LogP contribution in [-0.2, 0) is 22.6 Å². The monoisotopic (exact) mass is 406 g/mol. The van der Waals surface area contributed by atoms with Crippen molar-refractivity contribution in [1.29, 1.82) is 0 Å². The second-order valence-electron chi connectivity index (χ2n) is 5.40. The summed E-state index contributed by atoms with van der Waals surface area (Å²) in [6.07, 6.45) is 1.54. The highest BCUT2D eigenvalue weighted by molar-refractivity contribution is 9.10. The Labute approximate surface area is 152 Å². The number of halogens is 2. The average Bonchev–Trinajstić information content (AvgIpc) is 2.97. The van der Waals surface area contributed by atoms with Crippen molar-refractivity contribution >= 4 is 32.9 Å². The molecular formula is C19H16BrFO4. The van der Waals surface area contributed by atoms with Crippen molar-refractivity contribution in [1.82, 2.24) is 0 Å². The van der Waals surface area contributed by atoms with Gasteiger partial charge < -0.3 is 13.9 Å². The van der Waals surface area contributed by atoms with Crippen molar-refractivity contribution < 1.29 is 23.1 Å². The zero-order valence-electron chi connectivity index (χ0n) is 13.6. The molecule has 3 aromatic rings. The van der Waals surface area contributed by atoms with Gasteiger partial charge in [0, 0.05) is 21.0 Å². The standard InChI is InChI=1S/C19H16BrFO4/c1-2-23-18(22)8-12-4-3-5-16(21)19(12)25-11-13-10-24-17-7-6-14(20)9-15(13)17/h3-7,9-10H,2,8,11H2,1H3. The summed E-state index contributed by atoms with van der Waals surface area (Å²) in [6, 6.07) is 10.1. The lowest BCUT2D eigenvalue weighted by molar-refractivity contribution is -0.142.